The zero-order valence-corrected chi connectivity index (χ0v) is 14.4. The van der Waals surface area contributed by atoms with Crippen molar-refractivity contribution in [3.05, 3.63) is 29.8 Å². The highest BCUT2D eigenvalue weighted by Gasteiger charge is 2.41. The van der Waals surface area contributed by atoms with Gasteiger partial charge in [0, 0.05) is 5.56 Å². The van der Waals surface area contributed by atoms with Crippen molar-refractivity contribution in [1.82, 2.24) is 10.0 Å². The number of carboxylic acid groups (broad SMARTS) is 1. The van der Waals surface area contributed by atoms with Gasteiger partial charge < -0.3 is 10.4 Å². The van der Waals surface area contributed by atoms with E-state index in [1.165, 1.54) is 24.3 Å². The van der Waals surface area contributed by atoms with E-state index < -0.39 is 27.4 Å². The number of nitrogens with one attached hydrogen (secondary N) is 2. The molecule has 2 rings (SSSR count). The Bertz CT molecular complexity index is 805. The van der Waals surface area contributed by atoms with E-state index in [-0.39, 0.29) is 17.0 Å². The summed E-state index contributed by atoms with van der Waals surface area (Å²) in [5, 5.41) is 12.1. The molecule has 1 aliphatic rings. The number of carbonyl (C=O) groups is 2. The van der Waals surface area contributed by atoms with Gasteiger partial charge in [0.15, 0.2) is 0 Å². The minimum atomic E-state index is -3.83. The number of sulfonamides is 1. The molecule has 0 unspecified atom stereocenters. The molecule has 8 heteroatoms. The van der Waals surface area contributed by atoms with E-state index in [0.717, 1.165) is 19.3 Å². The van der Waals surface area contributed by atoms with Gasteiger partial charge in [0.1, 0.15) is 5.54 Å². The Labute approximate surface area is 146 Å². The number of hydrogen-bond donors (Lipinski definition) is 3. The van der Waals surface area contributed by atoms with Crippen molar-refractivity contribution in [2.45, 2.75) is 42.5 Å². The summed E-state index contributed by atoms with van der Waals surface area (Å²) >= 11 is 0. The van der Waals surface area contributed by atoms with Gasteiger partial charge in [-0.05, 0) is 31.0 Å². The summed E-state index contributed by atoms with van der Waals surface area (Å²) in [5.74, 6) is 0.486. The van der Waals surface area contributed by atoms with Crippen LogP contribution in [0.4, 0.5) is 0 Å². The normalized spacial score (nSPS) is 16.6. The summed E-state index contributed by atoms with van der Waals surface area (Å²) in [5.41, 5.74) is -1.22. The van der Waals surface area contributed by atoms with E-state index in [1.54, 1.807) is 0 Å². The van der Waals surface area contributed by atoms with Crippen LogP contribution < -0.4 is 10.0 Å². The Morgan fingerprint density at radius 3 is 2.52 bits per heavy atom. The third kappa shape index (κ3) is 4.38. The van der Waals surface area contributed by atoms with Crippen LogP contribution in [0.25, 0.3) is 0 Å². The van der Waals surface area contributed by atoms with Gasteiger partial charge in [-0.1, -0.05) is 31.2 Å². The van der Waals surface area contributed by atoms with Gasteiger partial charge >= 0.3 is 5.97 Å². The van der Waals surface area contributed by atoms with Crippen LogP contribution in [0.15, 0.2) is 29.2 Å². The molecule has 0 aromatic heterocycles. The molecule has 0 aliphatic heterocycles. The fraction of sp³-hybridized carbons (Fsp3) is 0.412. The van der Waals surface area contributed by atoms with Crippen LogP contribution in [0.3, 0.4) is 0 Å². The van der Waals surface area contributed by atoms with E-state index in [1.807, 2.05) is 0 Å². The quantitative estimate of drug-likeness (QED) is 0.655. The molecular weight excluding hydrogens is 344 g/mol. The van der Waals surface area contributed by atoms with Gasteiger partial charge in [-0.2, -0.15) is 4.72 Å². The summed E-state index contributed by atoms with van der Waals surface area (Å²) in [6.45, 7) is -0.166. The molecule has 1 aromatic rings. The van der Waals surface area contributed by atoms with Crippen LogP contribution in [-0.4, -0.2) is 37.5 Å². The molecule has 0 spiro atoms. The zero-order chi connectivity index (χ0) is 18.5. The highest BCUT2D eigenvalue weighted by Crippen LogP contribution is 2.29. The van der Waals surface area contributed by atoms with Crippen molar-refractivity contribution in [2.24, 2.45) is 0 Å². The Morgan fingerprint density at radius 2 is 1.92 bits per heavy atom. The fourth-order valence-corrected chi connectivity index (χ4v) is 3.84. The average Bonchev–Trinajstić information content (AvgIpc) is 2.61. The van der Waals surface area contributed by atoms with E-state index in [2.05, 4.69) is 16.0 Å². The van der Waals surface area contributed by atoms with Crippen LogP contribution in [0.2, 0.25) is 0 Å². The van der Waals surface area contributed by atoms with Gasteiger partial charge in [-0.3, -0.25) is 4.79 Å². The highest BCUT2D eigenvalue weighted by atomic mass is 32.2. The van der Waals surface area contributed by atoms with E-state index >= 15 is 0 Å². The summed E-state index contributed by atoms with van der Waals surface area (Å²) < 4.78 is 26.4. The van der Waals surface area contributed by atoms with Gasteiger partial charge in [-0.25, -0.2) is 13.2 Å². The number of rotatable bonds is 6. The number of carboxylic acids is 1. The highest BCUT2D eigenvalue weighted by molar-refractivity contribution is 7.89. The largest absolute Gasteiger partial charge is 0.480 e. The molecule has 1 saturated carbocycles. The van der Waals surface area contributed by atoms with E-state index in [4.69, 9.17) is 6.42 Å². The molecule has 0 atom stereocenters. The second kappa shape index (κ2) is 7.68. The zero-order valence-electron chi connectivity index (χ0n) is 13.6. The minimum absolute atomic E-state index is 0.0785. The third-order valence-corrected chi connectivity index (χ3v) is 5.64. The standard InChI is InChI=1S/C17H20N2O5S/c1-2-11-18-25(23,24)14-8-6-7-13(12-14)15(20)19-17(16(21)22)9-4-3-5-10-17/h1,6-8,12,18H,3-5,9-11H2,(H,19,20)(H,21,22). The first-order chi connectivity index (χ1) is 11.8. The monoisotopic (exact) mass is 364 g/mol. The number of aliphatic carboxylic acids is 1. The molecule has 0 heterocycles. The van der Waals surface area contributed by atoms with E-state index in [9.17, 15) is 23.1 Å². The number of carbonyl (C=O) groups excluding carboxylic acids is 1. The van der Waals surface area contributed by atoms with Crippen molar-refractivity contribution in [2.75, 3.05) is 6.54 Å². The first-order valence-electron chi connectivity index (χ1n) is 7.90. The van der Waals surface area contributed by atoms with Crippen LogP contribution in [0.1, 0.15) is 42.5 Å². The number of terminal acetylenes is 1. The van der Waals surface area contributed by atoms with Crippen LogP contribution >= 0.6 is 0 Å². The molecular formula is C17H20N2O5S. The second-order valence-electron chi connectivity index (χ2n) is 5.96. The maximum absolute atomic E-state index is 12.5. The lowest BCUT2D eigenvalue weighted by Gasteiger charge is -2.34. The predicted octanol–water partition coefficient (Wildman–Crippen LogP) is 1.12. The molecule has 0 bridgehead atoms. The number of amides is 1. The summed E-state index contributed by atoms with van der Waals surface area (Å²) in [7, 11) is -3.83. The SMILES string of the molecule is C#CCNS(=O)(=O)c1cccc(C(=O)NC2(C(=O)O)CCCCC2)c1. The molecule has 1 amide bonds. The maximum Gasteiger partial charge on any atom is 0.329 e. The van der Waals surface area contributed by atoms with Crippen molar-refractivity contribution in [3.63, 3.8) is 0 Å². The third-order valence-electron chi connectivity index (χ3n) is 4.24. The Balaban J connectivity index is 2.24. The van der Waals surface area contributed by atoms with E-state index in [0.29, 0.717) is 12.8 Å². The second-order valence-corrected chi connectivity index (χ2v) is 7.73. The summed E-state index contributed by atoms with van der Waals surface area (Å²) in [4.78, 5) is 24.0. The first kappa shape index (κ1) is 19.0. The predicted molar refractivity (Wildman–Crippen MR) is 91.4 cm³/mol. The molecule has 1 fully saturated rings. The van der Waals surface area contributed by atoms with Gasteiger partial charge in [0.25, 0.3) is 5.91 Å². The van der Waals surface area contributed by atoms with Crippen molar-refractivity contribution < 1.29 is 23.1 Å². The Hall–Kier alpha value is -2.37. The molecule has 3 N–H and O–H groups in total. The Morgan fingerprint density at radius 1 is 1.24 bits per heavy atom. The average molecular weight is 364 g/mol. The van der Waals surface area contributed by atoms with Gasteiger partial charge in [0.05, 0.1) is 11.4 Å². The number of benzene rings is 1. The first-order valence-corrected chi connectivity index (χ1v) is 9.38. The molecule has 1 aliphatic carbocycles. The molecule has 25 heavy (non-hydrogen) atoms. The lowest BCUT2D eigenvalue weighted by molar-refractivity contribution is -0.145. The lowest BCUT2D eigenvalue weighted by atomic mass is 9.81. The van der Waals surface area contributed by atoms with Crippen molar-refractivity contribution in [1.29, 1.82) is 0 Å². The maximum atomic E-state index is 12.5. The summed E-state index contributed by atoms with van der Waals surface area (Å²) in [6, 6.07) is 5.40. The lowest BCUT2D eigenvalue weighted by Crippen LogP contribution is -2.55. The molecule has 1 aromatic carbocycles. The van der Waals surface area contributed by atoms with Crippen molar-refractivity contribution in [3.8, 4) is 12.3 Å². The van der Waals surface area contributed by atoms with Crippen LogP contribution in [0.5, 0.6) is 0 Å². The fourth-order valence-electron chi connectivity index (χ4n) is 2.86. The topological polar surface area (TPSA) is 113 Å². The minimum Gasteiger partial charge on any atom is -0.480 e. The van der Waals surface area contributed by atoms with Gasteiger partial charge in [-0.15, -0.1) is 6.42 Å². The van der Waals surface area contributed by atoms with Crippen LogP contribution in [0, 0.1) is 12.3 Å². The smallest absolute Gasteiger partial charge is 0.329 e. The van der Waals surface area contributed by atoms with Crippen LogP contribution in [-0.2, 0) is 14.8 Å². The summed E-state index contributed by atoms with van der Waals surface area (Å²) in [6.07, 6.45) is 8.12. The molecule has 0 saturated heterocycles. The molecule has 134 valence electrons. The van der Waals surface area contributed by atoms with Gasteiger partial charge in [0.2, 0.25) is 10.0 Å². The van der Waals surface area contributed by atoms with Crippen molar-refractivity contribution >= 4 is 21.9 Å². The number of hydrogen-bond acceptors (Lipinski definition) is 4. The Kier molecular flexibility index (Phi) is 5.82. The molecule has 7 nitrogen and oxygen atoms in total. The molecule has 0 radical (unpaired) electrons.